The van der Waals surface area contributed by atoms with Gasteiger partial charge in [-0.05, 0) is 49.2 Å². The number of ether oxygens (including phenoxy) is 2. The van der Waals surface area contributed by atoms with E-state index in [0.717, 1.165) is 11.3 Å². The van der Waals surface area contributed by atoms with Gasteiger partial charge in [0.2, 0.25) is 0 Å². The molecule has 0 unspecified atom stereocenters. The van der Waals surface area contributed by atoms with Crippen molar-refractivity contribution < 1.29 is 14.3 Å². The standard InChI is InChI=1S/C21H21N3O3/c1-13-4-5-15(10-14(13)2)18-12-17(23-24(18)3)21(25)22-16-6-7-19-20(11-16)27-9-8-26-19/h4-7,10-12H,8-9H2,1-3H3,(H,22,25). The lowest BCUT2D eigenvalue weighted by Crippen LogP contribution is -2.16. The molecule has 0 spiro atoms. The van der Waals surface area contributed by atoms with Crippen molar-refractivity contribution in [2.24, 2.45) is 7.05 Å². The van der Waals surface area contributed by atoms with Crippen LogP contribution >= 0.6 is 0 Å². The molecule has 138 valence electrons. The number of aryl methyl sites for hydroxylation is 3. The van der Waals surface area contributed by atoms with Gasteiger partial charge in [0.15, 0.2) is 17.2 Å². The van der Waals surface area contributed by atoms with Crippen LogP contribution in [0.5, 0.6) is 11.5 Å². The van der Waals surface area contributed by atoms with Gasteiger partial charge < -0.3 is 14.8 Å². The molecule has 2 heterocycles. The van der Waals surface area contributed by atoms with E-state index in [9.17, 15) is 4.79 Å². The second-order valence-corrected chi connectivity index (χ2v) is 6.65. The average Bonchev–Trinajstić information content (AvgIpc) is 3.06. The summed E-state index contributed by atoms with van der Waals surface area (Å²) in [5, 5.41) is 7.24. The van der Waals surface area contributed by atoms with Crippen LogP contribution in [0.25, 0.3) is 11.3 Å². The van der Waals surface area contributed by atoms with E-state index in [0.29, 0.717) is 36.1 Å². The minimum Gasteiger partial charge on any atom is -0.486 e. The fourth-order valence-corrected chi connectivity index (χ4v) is 3.07. The van der Waals surface area contributed by atoms with E-state index in [1.54, 1.807) is 28.9 Å². The lowest BCUT2D eigenvalue weighted by Gasteiger charge is -2.18. The van der Waals surface area contributed by atoms with Gasteiger partial charge in [-0.15, -0.1) is 0 Å². The summed E-state index contributed by atoms with van der Waals surface area (Å²) >= 11 is 0. The van der Waals surface area contributed by atoms with Crippen LogP contribution in [0.1, 0.15) is 21.6 Å². The molecule has 0 radical (unpaired) electrons. The molecule has 0 saturated heterocycles. The zero-order valence-corrected chi connectivity index (χ0v) is 15.6. The fourth-order valence-electron chi connectivity index (χ4n) is 3.07. The Labute approximate surface area is 157 Å². The van der Waals surface area contributed by atoms with Crippen LogP contribution in [0, 0.1) is 13.8 Å². The Bertz CT molecular complexity index is 1020. The smallest absolute Gasteiger partial charge is 0.276 e. The van der Waals surface area contributed by atoms with Crippen molar-refractivity contribution in [3.8, 4) is 22.8 Å². The molecule has 4 rings (SSSR count). The number of nitrogens with zero attached hydrogens (tertiary/aromatic N) is 2. The predicted octanol–water partition coefficient (Wildman–Crippen LogP) is 3.73. The molecular formula is C21H21N3O3. The molecule has 0 fully saturated rings. The molecular weight excluding hydrogens is 342 g/mol. The SMILES string of the molecule is Cc1ccc(-c2cc(C(=O)Nc3ccc4c(c3)OCCO4)nn2C)cc1C. The van der Waals surface area contributed by atoms with E-state index in [1.165, 1.54) is 11.1 Å². The first-order valence-electron chi connectivity index (χ1n) is 8.84. The Morgan fingerprint density at radius 3 is 2.56 bits per heavy atom. The molecule has 1 amide bonds. The van der Waals surface area contributed by atoms with E-state index in [2.05, 4.69) is 36.4 Å². The number of rotatable bonds is 3. The fraction of sp³-hybridized carbons (Fsp3) is 0.238. The van der Waals surface area contributed by atoms with Crippen molar-refractivity contribution in [1.29, 1.82) is 0 Å². The molecule has 0 aliphatic carbocycles. The molecule has 1 aliphatic heterocycles. The van der Waals surface area contributed by atoms with Gasteiger partial charge in [0, 0.05) is 24.4 Å². The van der Waals surface area contributed by atoms with Gasteiger partial charge in [0.25, 0.3) is 5.91 Å². The third-order valence-corrected chi connectivity index (χ3v) is 4.72. The lowest BCUT2D eigenvalue weighted by atomic mass is 10.0. The largest absolute Gasteiger partial charge is 0.486 e. The molecule has 6 heteroatoms. The van der Waals surface area contributed by atoms with Crippen LogP contribution in [0.3, 0.4) is 0 Å². The highest BCUT2D eigenvalue weighted by molar-refractivity contribution is 6.03. The summed E-state index contributed by atoms with van der Waals surface area (Å²) in [5.74, 6) is 1.06. The molecule has 3 aromatic rings. The Balaban J connectivity index is 1.57. The number of hydrogen-bond acceptors (Lipinski definition) is 4. The number of carbonyl (C=O) groups is 1. The van der Waals surface area contributed by atoms with E-state index in [-0.39, 0.29) is 5.91 Å². The van der Waals surface area contributed by atoms with E-state index < -0.39 is 0 Å². The average molecular weight is 363 g/mol. The highest BCUT2D eigenvalue weighted by atomic mass is 16.6. The van der Waals surface area contributed by atoms with Crippen molar-refractivity contribution >= 4 is 11.6 Å². The number of hydrogen-bond donors (Lipinski definition) is 1. The number of nitrogens with one attached hydrogen (secondary N) is 1. The van der Waals surface area contributed by atoms with Gasteiger partial charge in [0.05, 0.1) is 5.69 Å². The maximum atomic E-state index is 12.6. The molecule has 6 nitrogen and oxygen atoms in total. The normalized spacial score (nSPS) is 12.7. The molecule has 0 bridgehead atoms. The maximum absolute atomic E-state index is 12.6. The van der Waals surface area contributed by atoms with Crippen molar-refractivity contribution in [3.63, 3.8) is 0 Å². The van der Waals surface area contributed by atoms with Crippen LogP contribution in [-0.2, 0) is 7.05 Å². The van der Waals surface area contributed by atoms with Gasteiger partial charge in [-0.1, -0.05) is 12.1 Å². The quantitative estimate of drug-likeness (QED) is 0.770. The minimum atomic E-state index is -0.266. The highest BCUT2D eigenvalue weighted by Gasteiger charge is 2.17. The number of amides is 1. The highest BCUT2D eigenvalue weighted by Crippen LogP contribution is 2.32. The Hall–Kier alpha value is -3.28. The molecule has 1 aromatic heterocycles. The van der Waals surface area contributed by atoms with Crippen LogP contribution in [0.2, 0.25) is 0 Å². The summed E-state index contributed by atoms with van der Waals surface area (Å²) in [6, 6.07) is 13.4. The van der Waals surface area contributed by atoms with Gasteiger partial charge in [-0.25, -0.2) is 0 Å². The maximum Gasteiger partial charge on any atom is 0.276 e. The molecule has 0 atom stereocenters. The summed E-state index contributed by atoms with van der Waals surface area (Å²) < 4.78 is 12.8. The van der Waals surface area contributed by atoms with Crippen LogP contribution in [-0.4, -0.2) is 28.9 Å². The first-order valence-corrected chi connectivity index (χ1v) is 8.84. The summed E-state index contributed by atoms with van der Waals surface area (Å²) in [7, 11) is 1.84. The number of aromatic nitrogens is 2. The number of anilines is 1. The predicted molar refractivity (Wildman–Crippen MR) is 104 cm³/mol. The zero-order valence-electron chi connectivity index (χ0n) is 15.6. The monoisotopic (exact) mass is 363 g/mol. The molecule has 1 N–H and O–H groups in total. The third kappa shape index (κ3) is 3.38. The van der Waals surface area contributed by atoms with Crippen LogP contribution in [0.15, 0.2) is 42.5 Å². The third-order valence-electron chi connectivity index (χ3n) is 4.72. The zero-order chi connectivity index (χ0) is 19.0. The number of carbonyl (C=O) groups excluding carboxylic acids is 1. The van der Waals surface area contributed by atoms with Gasteiger partial charge in [0.1, 0.15) is 13.2 Å². The van der Waals surface area contributed by atoms with Crippen LogP contribution < -0.4 is 14.8 Å². The Morgan fingerprint density at radius 1 is 1.00 bits per heavy atom. The van der Waals surface area contributed by atoms with Crippen molar-refractivity contribution in [2.45, 2.75) is 13.8 Å². The second kappa shape index (κ2) is 6.79. The van der Waals surface area contributed by atoms with E-state index in [1.807, 2.05) is 13.1 Å². The Morgan fingerprint density at radius 2 is 1.78 bits per heavy atom. The Kier molecular flexibility index (Phi) is 4.32. The summed E-state index contributed by atoms with van der Waals surface area (Å²) in [5.41, 5.74) is 5.37. The molecule has 0 saturated carbocycles. The lowest BCUT2D eigenvalue weighted by molar-refractivity contribution is 0.102. The van der Waals surface area contributed by atoms with Crippen molar-refractivity contribution in [2.75, 3.05) is 18.5 Å². The van der Waals surface area contributed by atoms with Crippen molar-refractivity contribution in [3.05, 3.63) is 59.3 Å². The van der Waals surface area contributed by atoms with Gasteiger partial charge in [-0.3, -0.25) is 9.48 Å². The second-order valence-electron chi connectivity index (χ2n) is 6.65. The van der Waals surface area contributed by atoms with Crippen molar-refractivity contribution in [1.82, 2.24) is 9.78 Å². The minimum absolute atomic E-state index is 0.266. The van der Waals surface area contributed by atoms with E-state index >= 15 is 0 Å². The van der Waals surface area contributed by atoms with Gasteiger partial charge >= 0.3 is 0 Å². The number of benzene rings is 2. The molecule has 27 heavy (non-hydrogen) atoms. The summed E-state index contributed by atoms with van der Waals surface area (Å²) in [6.45, 7) is 5.19. The molecule has 1 aliphatic rings. The first-order chi connectivity index (χ1) is 13.0. The summed E-state index contributed by atoms with van der Waals surface area (Å²) in [4.78, 5) is 12.6. The topological polar surface area (TPSA) is 65.4 Å². The van der Waals surface area contributed by atoms with Crippen LogP contribution in [0.4, 0.5) is 5.69 Å². The van der Waals surface area contributed by atoms with Gasteiger partial charge in [-0.2, -0.15) is 5.10 Å². The van der Waals surface area contributed by atoms with E-state index in [4.69, 9.17) is 9.47 Å². The summed E-state index contributed by atoms with van der Waals surface area (Å²) in [6.07, 6.45) is 0. The number of fused-ring (bicyclic) bond motifs is 1. The first kappa shape index (κ1) is 17.1. The molecule has 2 aromatic carbocycles.